The van der Waals surface area contributed by atoms with Crippen LogP contribution in [0.1, 0.15) is 0 Å². The van der Waals surface area contributed by atoms with Gasteiger partial charge >= 0.3 is 0 Å². The molecule has 0 aromatic heterocycles. The minimum atomic E-state index is -1.01. The predicted octanol–water partition coefficient (Wildman–Crippen LogP) is 1.01. The number of aliphatic imine (C=N–C) groups is 1. The molecular weight excluding hydrogens is 207 g/mol. The Kier molecular flexibility index (Phi) is 3.48. The molecule has 62 valence electrons. The van der Waals surface area contributed by atoms with E-state index in [9.17, 15) is 4.79 Å². The van der Waals surface area contributed by atoms with Gasteiger partial charge in [0.05, 0.1) is 6.54 Å². The van der Waals surface area contributed by atoms with Crippen LogP contribution in [0.25, 0.3) is 0 Å². The van der Waals surface area contributed by atoms with Crippen molar-refractivity contribution in [3.8, 4) is 0 Å². The molecule has 1 aliphatic heterocycles. The van der Waals surface area contributed by atoms with Crippen molar-refractivity contribution in [3.05, 3.63) is 0 Å². The molecule has 0 fully saturated rings. The van der Waals surface area contributed by atoms with E-state index >= 15 is 0 Å². The van der Waals surface area contributed by atoms with Crippen LogP contribution < -0.4 is 5.32 Å². The van der Waals surface area contributed by atoms with Crippen molar-refractivity contribution in [1.82, 2.24) is 5.32 Å². The maximum absolute atomic E-state index is 10.8. The van der Waals surface area contributed by atoms with Gasteiger partial charge in [0.15, 0.2) is 10.0 Å². The average Bonchev–Trinajstić information content (AvgIpc) is 2.39. The minimum absolute atomic E-state index is 0.415. The van der Waals surface area contributed by atoms with Crippen LogP contribution in [0.3, 0.4) is 0 Å². The summed E-state index contributed by atoms with van der Waals surface area (Å²) in [6, 6.07) is 0. The first-order valence-corrected chi connectivity index (χ1v) is 4.82. The number of halogens is 2. The first-order valence-electron chi connectivity index (χ1n) is 2.96. The standard InChI is InChI=1S/C5H6Cl2N2OS/c6-3(7)4(10)9-5-8-1-2-11-5/h3H,1-2H2,(H,8,9,10). The zero-order valence-corrected chi connectivity index (χ0v) is 7.84. The molecular formula is C5H6Cl2N2OS. The van der Waals surface area contributed by atoms with Gasteiger partial charge in [-0.15, -0.1) is 0 Å². The first kappa shape index (κ1) is 9.16. The molecule has 1 amide bonds. The molecule has 6 heteroatoms. The summed E-state index contributed by atoms with van der Waals surface area (Å²) in [7, 11) is 0. The Morgan fingerprint density at radius 3 is 2.91 bits per heavy atom. The van der Waals surface area contributed by atoms with E-state index < -0.39 is 10.7 Å². The van der Waals surface area contributed by atoms with Crippen molar-refractivity contribution in [2.24, 2.45) is 4.99 Å². The molecule has 0 unspecified atom stereocenters. The lowest BCUT2D eigenvalue weighted by molar-refractivity contribution is -0.118. The number of nitrogens with one attached hydrogen (secondary N) is 1. The second-order valence-corrected chi connectivity index (χ2v) is 4.01. The SMILES string of the molecule is O=C(NC1=NCCS1)C(Cl)Cl. The van der Waals surface area contributed by atoms with E-state index in [2.05, 4.69) is 10.3 Å². The number of hydrogen-bond donors (Lipinski definition) is 1. The Labute approximate surface area is 78.5 Å². The summed E-state index contributed by atoms with van der Waals surface area (Å²) in [5.41, 5.74) is 0. The third-order valence-corrected chi connectivity index (χ3v) is 2.30. The summed E-state index contributed by atoms with van der Waals surface area (Å²) in [6.45, 7) is 0.746. The van der Waals surface area contributed by atoms with Crippen molar-refractivity contribution >= 4 is 46.0 Å². The number of carbonyl (C=O) groups is 1. The van der Waals surface area contributed by atoms with Crippen LogP contribution in [-0.2, 0) is 4.79 Å². The lowest BCUT2D eigenvalue weighted by Crippen LogP contribution is -2.31. The van der Waals surface area contributed by atoms with Crippen LogP contribution in [0.2, 0.25) is 0 Å². The molecule has 0 saturated carbocycles. The number of carbonyl (C=O) groups excluding carboxylic acids is 1. The van der Waals surface area contributed by atoms with E-state index in [4.69, 9.17) is 23.2 Å². The van der Waals surface area contributed by atoms with E-state index in [0.29, 0.717) is 5.17 Å². The Balaban J connectivity index is 2.35. The molecule has 0 saturated heterocycles. The summed E-state index contributed by atoms with van der Waals surface area (Å²) in [6.07, 6.45) is 0. The average molecular weight is 213 g/mol. The summed E-state index contributed by atoms with van der Waals surface area (Å²) in [5, 5.41) is 3.10. The summed E-state index contributed by atoms with van der Waals surface area (Å²) in [4.78, 5) is 13.8. The zero-order chi connectivity index (χ0) is 8.27. The molecule has 1 heterocycles. The molecule has 0 atom stereocenters. The van der Waals surface area contributed by atoms with Gasteiger partial charge in [0, 0.05) is 5.75 Å². The number of rotatable bonds is 1. The van der Waals surface area contributed by atoms with E-state index in [1.165, 1.54) is 11.8 Å². The quantitative estimate of drug-likeness (QED) is 0.660. The summed E-state index contributed by atoms with van der Waals surface area (Å²) < 4.78 is 0. The number of nitrogens with zero attached hydrogens (tertiary/aromatic N) is 1. The van der Waals surface area contributed by atoms with E-state index in [-0.39, 0.29) is 0 Å². The highest BCUT2D eigenvalue weighted by Crippen LogP contribution is 2.10. The van der Waals surface area contributed by atoms with Crippen molar-refractivity contribution in [2.75, 3.05) is 12.3 Å². The molecule has 11 heavy (non-hydrogen) atoms. The Bertz CT molecular complexity index is 195. The predicted molar refractivity (Wildman–Crippen MR) is 48.4 cm³/mol. The zero-order valence-electron chi connectivity index (χ0n) is 5.51. The lowest BCUT2D eigenvalue weighted by Gasteiger charge is -2.02. The fraction of sp³-hybridized carbons (Fsp3) is 0.600. The smallest absolute Gasteiger partial charge is 0.259 e. The first-order chi connectivity index (χ1) is 5.20. The number of amidine groups is 1. The lowest BCUT2D eigenvalue weighted by atomic mass is 10.7. The Hall–Kier alpha value is 0.0700. The monoisotopic (exact) mass is 212 g/mol. The van der Waals surface area contributed by atoms with Crippen molar-refractivity contribution < 1.29 is 4.79 Å². The molecule has 0 spiro atoms. The van der Waals surface area contributed by atoms with Gasteiger partial charge in [-0.1, -0.05) is 35.0 Å². The molecule has 0 aromatic carbocycles. The second-order valence-electron chi connectivity index (χ2n) is 1.83. The maximum atomic E-state index is 10.8. The third kappa shape index (κ3) is 2.89. The molecule has 0 radical (unpaired) electrons. The van der Waals surface area contributed by atoms with Gasteiger partial charge in [-0.2, -0.15) is 0 Å². The Morgan fingerprint density at radius 1 is 1.73 bits per heavy atom. The van der Waals surface area contributed by atoms with Crippen LogP contribution >= 0.6 is 35.0 Å². The minimum Gasteiger partial charge on any atom is -0.303 e. The largest absolute Gasteiger partial charge is 0.303 e. The highest BCUT2D eigenvalue weighted by Gasteiger charge is 2.15. The molecule has 1 N–H and O–H groups in total. The molecule has 1 aliphatic rings. The van der Waals surface area contributed by atoms with Gasteiger partial charge < -0.3 is 5.32 Å². The second kappa shape index (κ2) is 4.18. The third-order valence-electron chi connectivity index (χ3n) is 1.01. The van der Waals surface area contributed by atoms with Crippen LogP contribution in [0.15, 0.2) is 4.99 Å². The van der Waals surface area contributed by atoms with E-state index in [1.54, 1.807) is 0 Å². The fourth-order valence-electron chi connectivity index (χ4n) is 0.571. The number of thioether (sulfide) groups is 1. The normalized spacial score (nSPS) is 16.8. The fourth-order valence-corrected chi connectivity index (χ4v) is 1.41. The Morgan fingerprint density at radius 2 is 2.45 bits per heavy atom. The summed E-state index contributed by atoms with van der Waals surface area (Å²) >= 11 is 12.1. The van der Waals surface area contributed by atoms with Gasteiger partial charge in [0.2, 0.25) is 0 Å². The number of alkyl halides is 2. The molecule has 0 aromatic rings. The van der Waals surface area contributed by atoms with Gasteiger partial charge in [-0.05, 0) is 0 Å². The van der Waals surface area contributed by atoms with Crippen LogP contribution in [-0.4, -0.2) is 28.2 Å². The van der Waals surface area contributed by atoms with Crippen molar-refractivity contribution in [3.63, 3.8) is 0 Å². The molecule has 1 rings (SSSR count). The van der Waals surface area contributed by atoms with Crippen LogP contribution in [0, 0.1) is 0 Å². The highest BCUT2D eigenvalue weighted by molar-refractivity contribution is 8.14. The van der Waals surface area contributed by atoms with E-state index in [1.807, 2.05) is 0 Å². The molecule has 0 aliphatic carbocycles. The van der Waals surface area contributed by atoms with Gasteiger partial charge in [-0.25, -0.2) is 0 Å². The number of amides is 1. The molecule has 3 nitrogen and oxygen atoms in total. The highest BCUT2D eigenvalue weighted by atomic mass is 35.5. The molecule has 0 bridgehead atoms. The van der Waals surface area contributed by atoms with Crippen LogP contribution in [0.5, 0.6) is 0 Å². The topological polar surface area (TPSA) is 41.5 Å². The van der Waals surface area contributed by atoms with Crippen molar-refractivity contribution in [1.29, 1.82) is 0 Å². The van der Waals surface area contributed by atoms with Gasteiger partial charge in [-0.3, -0.25) is 9.79 Å². The van der Waals surface area contributed by atoms with Gasteiger partial charge in [0.25, 0.3) is 5.91 Å². The summed E-state index contributed by atoms with van der Waals surface area (Å²) in [5.74, 6) is 0.492. The van der Waals surface area contributed by atoms with Crippen LogP contribution in [0.4, 0.5) is 0 Å². The number of hydrogen-bond acceptors (Lipinski definition) is 3. The maximum Gasteiger partial charge on any atom is 0.259 e. The van der Waals surface area contributed by atoms with E-state index in [0.717, 1.165) is 12.3 Å². The van der Waals surface area contributed by atoms with Gasteiger partial charge in [0.1, 0.15) is 0 Å². The van der Waals surface area contributed by atoms with Crippen molar-refractivity contribution in [2.45, 2.75) is 4.84 Å².